The molecule has 2 aromatic rings. The number of ether oxygens (including phenoxy) is 1. The molecule has 0 bridgehead atoms. The summed E-state index contributed by atoms with van der Waals surface area (Å²) < 4.78 is 8.67. The van der Waals surface area contributed by atoms with E-state index in [0.717, 1.165) is 50.5 Å². The average molecular weight is 503 g/mol. The first-order chi connectivity index (χ1) is 15.6. The molecule has 1 heterocycles. The van der Waals surface area contributed by atoms with Crippen molar-refractivity contribution in [3.05, 3.63) is 30.3 Å². The molecule has 4 nitrogen and oxygen atoms in total. The van der Waals surface area contributed by atoms with E-state index >= 15 is 0 Å². The first kappa shape index (κ1) is 24.8. The van der Waals surface area contributed by atoms with Crippen LogP contribution in [0.3, 0.4) is 0 Å². The van der Waals surface area contributed by atoms with Crippen LogP contribution in [0.4, 0.5) is 22.7 Å². The first-order valence-corrected chi connectivity index (χ1v) is 14.2. The molecule has 32 heavy (non-hydrogen) atoms. The summed E-state index contributed by atoms with van der Waals surface area (Å²) in [5, 5.41) is 3.70. The fourth-order valence-corrected chi connectivity index (χ4v) is 6.51. The summed E-state index contributed by atoms with van der Waals surface area (Å²) in [5.41, 5.74) is 5.05. The van der Waals surface area contributed by atoms with E-state index in [9.17, 15) is 0 Å². The number of anilines is 4. The van der Waals surface area contributed by atoms with Gasteiger partial charge in [0.25, 0.3) is 0 Å². The van der Waals surface area contributed by atoms with Crippen molar-refractivity contribution in [1.82, 2.24) is 0 Å². The van der Waals surface area contributed by atoms with Gasteiger partial charge >= 0.3 is 202 Å². The van der Waals surface area contributed by atoms with E-state index in [1.807, 2.05) is 0 Å². The van der Waals surface area contributed by atoms with Crippen molar-refractivity contribution in [3.8, 4) is 5.75 Å². The molecular formula is C27H41N3OSe. The predicted octanol–water partition coefficient (Wildman–Crippen LogP) is 5.44. The number of rotatable bonds is 13. The Labute approximate surface area is 201 Å². The minimum absolute atomic E-state index is 0.250. The second-order valence-electron chi connectivity index (χ2n) is 8.61. The average Bonchev–Trinajstić information content (AvgIpc) is 2.81. The summed E-state index contributed by atoms with van der Waals surface area (Å²) in [5.74, 6) is 0.957. The SMILES string of the molecule is CCCCN(CCCC)c1ccc2c(c1)[Se]c1cc(N(CCC)CCC)cc(OC)c1N2. The van der Waals surface area contributed by atoms with E-state index in [1.165, 1.54) is 51.7 Å². The van der Waals surface area contributed by atoms with E-state index in [4.69, 9.17) is 4.74 Å². The zero-order valence-electron chi connectivity index (χ0n) is 20.7. The van der Waals surface area contributed by atoms with Crippen LogP contribution in [-0.2, 0) is 0 Å². The van der Waals surface area contributed by atoms with Gasteiger partial charge in [-0.25, -0.2) is 0 Å². The van der Waals surface area contributed by atoms with E-state index in [0.29, 0.717) is 0 Å². The van der Waals surface area contributed by atoms with Gasteiger partial charge in [0.15, 0.2) is 0 Å². The summed E-state index contributed by atoms with van der Waals surface area (Å²) in [6.07, 6.45) is 7.28. The molecule has 0 spiro atoms. The third-order valence-corrected chi connectivity index (χ3v) is 8.30. The summed E-state index contributed by atoms with van der Waals surface area (Å²) in [6.45, 7) is 13.5. The number of nitrogens with zero attached hydrogens (tertiary/aromatic N) is 2. The van der Waals surface area contributed by atoms with Crippen LogP contribution in [0, 0.1) is 0 Å². The van der Waals surface area contributed by atoms with Crippen LogP contribution in [0.15, 0.2) is 30.3 Å². The number of hydrogen-bond donors (Lipinski definition) is 1. The van der Waals surface area contributed by atoms with Crippen LogP contribution < -0.4 is 28.8 Å². The van der Waals surface area contributed by atoms with Gasteiger partial charge in [0.05, 0.1) is 0 Å². The molecule has 1 aliphatic heterocycles. The third-order valence-electron chi connectivity index (χ3n) is 6.00. The molecule has 176 valence electrons. The number of benzene rings is 2. The molecule has 0 radical (unpaired) electrons. The van der Waals surface area contributed by atoms with Crippen molar-refractivity contribution in [2.24, 2.45) is 0 Å². The van der Waals surface area contributed by atoms with Gasteiger partial charge in [-0.2, -0.15) is 0 Å². The molecular weight excluding hydrogens is 461 g/mol. The Morgan fingerprint density at radius 1 is 0.750 bits per heavy atom. The summed E-state index contributed by atoms with van der Waals surface area (Å²) in [7, 11) is 1.79. The van der Waals surface area contributed by atoms with Crippen LogP contribution in [0.25, 0.3) is 0 Å². The van der Waals surface area contributed by atoms with Crippen molar-refractivity contribution in [2.45, 2.75) is 66.2 Å². The van der Waals surface area contributed by atoms with Crippen molar-refractivity contribution in [2.75, 3.05) is 48.4 Å². The Morgan fingerprint density at radius 2 is 1.38 bits per heavy atom. The van der Waals surface area contributed by atoms with Crippen molar-refractivity contribution in [3.63, 3.8) is 0 Å². The molecule has 2 aromatic carbocycles. The van der Waals surface area contributed by atoms with Crippen LogP contribution >= 0.6 is 0 Å². The number of nitrogens with one attached hydrogen (secondary N) is 1. The van der Waals surface area contributed by atoms with Gasteiger partial charge in [-0.3, -0.25) is 0 Å². The molecule has 1 N–H and O–H groups in total. The molecule has 0 amide bonds. The van der Waals surface area contributed by atoms with Gasteiger partial charge in [-0.05, 0) is 0 Å². The molecule has 5 heteroatoms. The maximum atomic E-state index is 5.84. The zero-order chi connectivity index (χ0) is 22.9. The van der Waals surface area contributed by atoms with Gasteiger partial charge in [-0.15, -0.1) is 0 Å². The standard InChI is InChI=1S/C27H41N3OSe/c1-6-10-16-30(17-11-7-2)21-12-13-23-25(19-21)32-26-20-22(29(14-8-3)15-9-4)18-24(31-5)27(26)28-23/h12-13,18-20,28H,6-11,14-17H2,1-5H3. The molecule has 0 aliphatic carbocycles. The van der Waals surface area contributed by atoms with Gasteiger partial charge in [0.1, 0.15) is 0 Å². The Morgan fingerprint density at radius 3 is 1.97 bits per heavy atom. The minimum atomic E-state index is 0.250. The van der Waals surface area contributed by atoms with E-state index in [-0.39, 0.29) is 15.0 Å². The Balaban J connectivity index is 1.91. The van der Waals surface area contributed by atoms with Crippen molar-refractivity contribution >= 4 is 46.6 Å². The molecule has 3 rings (SSSR count). The van der Waals surface area contributed by atoms with Gasteiger partial charge < -0.3 is 0 Å². The summed E-state index contributed by atoms with van der Waals surface area (Å²) in [4.78, 5) is 5.09. The van der Waals surface area contributed by atoms with E-state index in [2.05, 4.69) is 73.1 Å². The Hall–Kier alpha value is -1.84. The van der Waals surface area contributed by atoms with Gasteiger partial charge in [0.2, 0.25) is 0 Å². The second kappa shape index (κ2) is 12.4. The van der Waals surface area contributed by atoms with Crippen LogP contribution in [-0.4, -0.2) is 48.2 Å². The number of hydrogen-bond acceptors (Lipinski definition) is 4. The quantitative estimate of drug-likeness (QED) is 0.315. The predicted molar refractivity (Wildman–Crippen MR) is 143 cm³/mol. The summed E-state index contributed by atoms with van der Waals surface area (Å²) in [6, 6.07) is 11.6. The molecule has 0 unspecified atom stereocenters. The Kier molecular flexibility index (Phi) is 9.62. The zero-order valence-corrected chi connectivity index (χ0v) is 22.4. The number of unbranched alkanes of at least 4 members (excludes halogenated alkanes) is 2. The normalized spacial score (nSPS) is 12.0. The van der Waals surface area contributed by atoms with Gasteiger partial charge in [-0.1, -0.05) is 0 Å². The molecule has 1 aliphatic rings. The van der Waals surface area contributed by atoms with Crippen LogP contribution in [0.1, 0.15) is 66.2 Å². The number of fused-ring (bicyclic) bond motifs is 2. The second-order valence-corrected chi connectivity index (χ2v) is 10.9. The molecule has 0 saturated heterocycles. The molecule has 0 aromatic heterocycles. The van der Waals surface area contributed by atoms with Crippen molar-refractivity contribution < 1.29 is 4.74 Å². The van der Waals surface area contributed by atoms with E-state index in [1.54, 1.807) is 7.11 Å². The maximum absolute atomic E-state index is 5.84. The van der Waals surface area contributed by atoms with E-state index < -0.39 is 0 Å². The van der Waals surface area contributed by atoms with Gasteiger partial charge in [0, 0.05) is 0 Å². The van der Waals surface area contributed by atoms with Crippen LogP contribution in [0.2, 0.25) is 0 Å². The Bertz CT molecular complexity index is 856. The third kappa shape index (κ3) is 5.93. The molecule has 0 fully saturated rings. The summed E-state index contributed by atoms with van der Waals surface area (Å²) >= 11 is 0.250. The molecule has 0 saturated carbocycles. The van der Waals surface area contributed by atoms with Crippen LogP contribution in [0.5, 0.6) is 5.75 Å². The monoisotopic (exact) mass is 503 g/mol. The number of methoxy groups -OCH3 is 1. The molecule has 0 atom stereocenters. The fourth-order valence-electron chi connectivity index (χ4n) is 4.25. The first-order valence-electron chi connectivity index (χ1n) is 12.5. The van der Waals surface area contributed by atoms with Crippen molar-refractivity contribution in [1.29, 1.82) is 0 Å². The fraction of sp³-hybridized carbons (Fsp3) is 0.556. The topological polar surface area (TPSA) is 27.7 Å².